The predicted octanol–water partition coefficient (Wildman–Crippen LogP) is 14.1. The monoisotopic (exact) mass is 1690 g/mol. The number of carbonyl (C=O) groups excluding carboxylic acids is 7. The molecule has 4 saturated heterocycles. The topological polar surface area (TPSA) is 394 Å². The largest absolute Gasteiger partial charge is 0.480 e. The molecule has 8 aromatic rings. The number of aromatic amines is 4. The first-order chi connectivity index (χ1) is 58.9. The van der Waals surface area contributed by atoms with Crippen molar-refractivity contribution in [1.29, 1.82) is 0 Å². The summed E-state index contributed by atoms with van der Waals surface area (Å²) in [4.78, 5) is 140. The number of alkyl carbamates (subject to hydrolysis) is 3. The second kappa shape index (κ2) is 36.8. The van der Waals surface area contributed by atoms with Gasteiger partial charge >= 0.3 is 36.4 Å². The van der Waals surface area contributed by atoms with Gasteiger partial charge in [0.2, 0.25) is 11.8 Å². The van der Waals surface area contributed by atoms with Gasteiger partial charge < -0.3 is 88.7 Å². The van der Waals surface area contributed by atoms with Crippen molar-refractivity contribution >= 4 is 48.2 Å². The molecule has 16 rings (SSSR count). The lowest BCUT2D eigenvalue weighted by Crippen LogP contribution is -2.56. The summed E-state index contributed by atoms with van der Waals surface area (Å²) in [7, 11) is 8.09. The first-order valence-electron chi connectivity index (χ1n) is 42.6. The molecule has 4 bridgehead atoms. The normalized spacial score (nSPS) is 21.7. The minimum absolute atomic E-state index is 0.0709. The molecule has 4 aromatic heterocycles. The number of methoxy groups -OCH3 is 6. The third-order valence-corrected chi connectivity index (χ3v) is 25.3. The van der Waals surface area contributed by atoms with Gasteiger partial charge in [0.15, 0.2) is 6.04 Å². The average molecular weight is 1690 g/mol. The Morgan fingerprint density at radius 1 is 0.423 bits per heavy atom. The van der Waals surface area contributed by atoms with Gasteiger partial charge in [-0.3, -0.25) is 19.4 Å². The molecule has 6 fully saturated rings. The van der Waals surface area contributed by atoms with Gasteiger partial charge in [-0.1, -0.05) is 48.5 Å². The number of imidazole rings is 4. The Morgan fingerprint density at radius 3 is 1.14 bits per heavy atom. The highest BCUT2D eigenvalue weighted by atomic mass is 16.6. The summed E-state index contributed by atoms with van der Waals surface area (Å²) in [5, 5.41) is 16.1. The number of nitrogens with one attached hydrogen (secondary N) is 7. The Morgan fingerprint density at radius 2 is 0.756 bits per heavy atom. The molecule has 32 heteroatoms. The number of ether oxygens (including phenoxy) is 8. The van der Waals surface area contributed by atoms with Gasteiger partial charge in [-0.2, -0.15) is 0 Å². The number of nitrogens with zero attached hydrogens (tertiary/aromatic N) is 8. The summed E-state index contributed by atoms with van der Waals surface area (Å²) in [5.74, 6) is 2.18. The van der Waals surface area contributed by atoms with E-state index in [-0.39, 0.29) is 66.2 Å². The number of piperidine rings is 2. The van der Waals surface area contributed by atoms with E-state index in [0.717, 1.165) is 160 Å². The van der Waals surface area contributed by atoms with Crippen LogP contribution in [0.5, 0.6) is 0 Å². The third kappa shape index (κ3) is 18.8. The summed E-state index contributed by atoms with van der Waals surface area (Å²) >= 11 is 0. The van der Waals surface area contributed by atoms with Gasteiger partial charge in [0.05, 0.1) is 111 Å². The van der Waals surface area contributed by atoms with Crippen LogP contribution in [-0.2, 0) is 78.0 Å². The van der Waals surface area contributed by atoms with Crippen LogP contribution >= 0.6 is 0 Å². The van der Waals surface area contributed by atoms with Crippen LogP contribution in [0.25, 0.3) is 67.3 Å². The molecule has 4 aliphatic heterocycles. The molecule has 0 unspecified atom stereocenters. The SMILES string of the molecule is CC(C)(C)OC(=O)N1CCC[C@H]1c1ncc(-c2ccc3c(c2)CCc2cc(-c4cnc([C@@H]5[C@H]6CC[C@H](C6)N5C(=O)OC(C)(C)C)[nH]4)ccc2-3)[nH]1.COC(=O)N[C@H](C(=O)N1CCC[C@H]1c1ncc(-c2ccc3c(c2)CCc2cc(-c4cnc([C@@H]5[C@H]6CC[C@H](C6)N5C(=O)[C@@H](NC(=O)OC)[C@@H](C)OC)[nH]4)ccc2-3)[nH]1)[C@@H](C)OC.COC(=O)N[C@H](C(=O)O)[C@@H](C)OC. The molecule has 7 amide bonds. The number of hydrogen-bond donors (Lipinski definition) is 8. The Balaban J connectivity index is 0.000000177. The highest BCUT2D eigenvalue weighted by molar-refractivity contribution is 5.89. The molecular weight excluding hydrogens is 1580 g/mol. The number of fused-ring (bicyclic) bond motifs is 10. The van der Waals surface area contributed by atoms with Gasteiger partial charge in [0, 0.05) is 46.5 Å². The van der Waals surface area contributed by atoms with E-state index in [9.17, 15) is 38.4 Å². The molecule has 8 N–H and O–H groups in total. The minimum atomic E-state index is -1.17. The zero-order chi connectivity index (χ0) is 87.6. The van der Waals surface area contributed by atoms with Gasteiger partial charge in [-0.15, -0.1) is 0 Å². The second-order valence-corrected chi connectivity index (χ2v) is 35.2. The minimum Gasteiger partial charge on any atom is -0.480 e. The third-order valence-electron chi connectivity index (χ3n) is 25.3. The number of benzene rings is 4. The van der Waals surface area contributed by atoms with Crippen molar-refractivity contribution in [1.82, 2.24) is 75.4 Å². The van der Waals surface area contributed by atoms with Gasteiger partial charge in [0.25, 0.3) is 0 Å². The standard InChI is InChI=1S/C44H54N8O8.C40H48N6O4.C7H13NO5/c1-23(57-3)36(49-43(55)59-5)41(53)51-17-7-8-35(51)39-45-21-33(47-39)27-12-15-31-25(18-27)9-10-26-19-28(13-16-32(26)31)34-22-46-40(48-34)38-29-11-14-30(20-29)52(38)42(54)37(24(2)58-4)50-44(56)60-6;1-39(2,3)49-37(47)45-17-7-8-33(45)35-41-21-31(43-35)25-12-15-29-23(18-25)9-10-24-19-26(13-16-30(24)29)32-22-42-36(44-32)34-27-11-14-28(20-27)46(34)38(48)50-40(4,5)6;1-4(12-2)5(6(9)10)8-7(11)13-3/h12-13,15-16,18-19,21-24,29-30,35-38H,7-11,14,17,20H2,1-6H3,(H,45,47)(H,46,48)(H,49,55)(H,50,56);12-13,15-16,18-19,21-22,27-28,33-34H,7-11,14,17,20H2,1-6H3,(H,41,43)(H,42,44);4-5H,1-3H3,(H,8,11)(H,9,10)/t23-,24-,29+,30-,35+,36+,37+,38+;27-,28+,33-,34-;4-,5+/m101/s1. The van der Waals surface area contributed by atoms with E-state index in [0.29, 0.717) is 24.8 Å². The average Bonchev–Trinajstić information content (AvgIpc) is 1.62. The summed E-state index contributed by atoms with van der Waals surface area (Å²) in [6.07, 6.45) is 16.0. The zero-order valence-electron chi connectivity index (χ0n) is 72.7. The second-order valence-electron chi connectivity index (χ2n) is 35.2. The van der Waals surface area contributed by atoms with E-state index in [1.807, 2.05) is 76.1 Å². The fraction of sp³-hybridized carbons (Fsp3) is 0.516. The molecule has 4 aromatic carbocycles. The van der Waals surface area contributed by atoms with Crippen LogP contribution in [0.15, 0.2) is 97.6 Å². The summed E-state index contributed by atoms with van der Waals surface area (Å²) in [5.41, 5.74) is 16.9. The molecule has 32 nitrogen and oxygen atoms in total. The summed E-state index contributed by atoms with van der Waals surface area (Å²) < 4.78 is 41.0. The number of likely N-dealkylation sites (tertiary alicyclic amines) is 4. The number of aryl methyl sites for hydroxylation is 4. The van der Waals surface area contributed by atoms with E-state index in [1.54, 1.807) is 23.6 Å². The summed E-state index contributed by atoms with van der Waals surface area (Å²) in [6, 6.07) is 23.1. The quantitative estimate of drug-likeness (QED) is 0.0329. The number of carboxylic acids is 1. The Bertz CT molecular complexity index is 5210. The summed E-state index contributed by atoms with van der Waals surface area (Å²) in [6.45, 7) is 17.7. The Labute approximate surface area is 715 Å². The fourth-order valence-corrected chi connectivity index (χ4v) is 19.0. The van der Waals surface area contributed by atoms with Crippen molar-refractivity contribution < 1.29 is 81.4 Å². The number of carboxylic acid groups (broad SMARTS) is 1. The molecule has 0 radical (unpaired) electrons. The number of H-pyrrole nitrogens is 4. The van der Waals surface area contributed by atoms with Crippen molar-refractivity contribution in [3.05, 3.63) is 143 Å². The maximum absolute atomic E-state index is 14.1. The maximum Gasteiger partial charge on any atom is 0.411 e. The Kier molecular flexibility index (Phi) is 26.2. The molecule has 656 valence electrons. The van der Waals surface area contributed by atoms with Crippen LogP contribution < -0.4 is 16.0 Å². The van der Waals surface area contributed by atoms with Crippen molar-refractivity contribution in [2.75, 3.05) is 55.7 Å². The highest BCUT2D eigenvalue weighted by Crippen LogP contribution is 2.53. The van der Waals surface area contributed by atoms with E-state index >= 15 is 0 Å². The number of aromatic nitrogens is 8. The van der Waals surface area contributed by atoms with Crippen LogP contribution in [0, 0.1) is 11.8 Å². The van der Waals surface area contributed by atoms with Crippen LogP contribution in [0.4, 0.5) is 24.0 Å². The highest BCUT2D eigenvalue weighted by Gasteiger charge is 2.54. The number of aliphatic carboxylic acids is 1. The first-order valence-corrected chi connectivity index (χ1v) is 42.6. The van der Waals surface area contributed by atoms with Gasteiger partial charge in [-0.05, 0) is 255 Å². The van der Waals surface area contributed by atoms with Crippen LogP contribution in [0.1, 0.15) is 196 Å². The first kappa shape index (κ1) is 87.7. The lowest BCUT2D eigenvalue weighted by Gasteiger charge is -2.37. The molecule has 14 atom stereocenters. The number of amides is 7. The van der Waals surface area contributed by atoms with Crippen LogP contribution in [0.2, 0.25) is 0 Å². The number of carbonyl (C=O) groups is 8. The van der Waals surface area contributed by atoms with E-state index in [1.165, 1.54) is 87.0 Å². The molecule has 0 spiro atoms. The van der Waals surface area contributed by atoms with Crippen LogP contribution in [0.3, 0.4) is 0 Å². The molecule has 123 heavy (non-hydrogen) atoms. The van der Waals surface area contributed by atoms with E-state index in [2.05, 4.69) is 113 Å². The van der Waals surface area contributed by atoms with Crippen molar-refractivity contribution in [2.45, 2.75) is 236 Å². The smallest absolute Gasteiger partial charge is 0.411 e. The van der Waals surface area contributed by atoms with Crippen LogP contribution in [-0.4, -0.2) is 228 Å². The molecule has 8 aliphatic rings. The molecule has 4 aliphatic carbocycles. The molecule has 2 saturated carbocycles. The van der Waals surface area contributed by atoms with Crippen molar-refractivity contribution in [3.8, 4) is 67.3 Å². The predicted molar refractivity (Wildman–Crippen MR) is 455 cm³/mol. The molecular formula is C91H115N15O17. The lowest BCUT2D eigenvalue weighted by atomic mass is 9.83. The number of rotatable bonds is 20. The maximum atomic E-state index is 14.1. The molecule has 8 heterocycles. The fourth-order valence-electron chi connectivity index (χ4n) is 19.0. The van der Waals surface area contributed by atoms with Crippen molar-refractivity contribution in [3.63, 3.8) is 0 Å². The zero-order valence-corrected chi connectivity index (χ0v) is 72.7. The van der Waals surface area contributed by atoms with E-state index < -0.39 is 71.9 Å². The Hall–Kier alpha value is -11.6. The van der Waals surface area contributed by atoms with Gasteiger partial charge in [0.1, 0.15) is 46.6 Å². The van der Waals surface area contributed by atoms with Crippen molar-refractivity contribution in [2.24, 2.45) is 11.8 Å². The number of hydrogen-bond acceptors (Lipinski definition) is 20. The van der Waals surface area contributed by atoms with Gasteiger partial charge in [-0.25, -0.2) is 48.7 Å². The van der Waals surface area contributed by atoms with E-state index in [4.69, 9.17) is 58.2 Å². The lowest BCUT2D eigenvalue weighted by molar-refractivity contribution is -0.143.